The monoisotopic (exact) mass is 625 g/mol. The van der Waals surface area contributed by atoms with E-state index in [-0.39, 0.29) is 24.3 Å². The Morgan fingerprint density at radius 1 is 0.972 bits per heavy atom. The standard InChI is InChI=1S/C26H19BrCl3NO4S/c1-2-34-22-11-16(9-18(27)24(22)35-14-17-5-3-4-6-19(17)28)12-23-25(32)31(26(33)36-23)13-15-7-8-20(29)21(30)10-15/h3-12H,2,13-14H2,1H3/b23-12+. The van der Waals surface area contributed by atoms with E-state index in [2.05, 4.69) is 15.9 Å². The third kappa shape index (κ3) is 6.21. The summed E-state index contributed by atoms with van der Waals surface area (Å²) in [6, 6.07) is 16.0. The maximum Gasteiger partial charge on any atom is 0.293 e. The lowest BCUT2D eigenvalue weighted by Crippen LogP contribution is -2.27. The minimum absolute atomic E-state index is 0.0988. The average molecular weight is 628 g/mol. The first kappa shape index (κ1) is 26.9. The largest absolute Gasteiger partial charge is 0.490 e. The molecule has 3 aromatic rings. The number of amides is 2. The molecule has 1 aliphatic heterocycles. The van der Waals surface area contributed by atoms with E-state index in [1.165, 1.54) is 4.90 Å². The Hall–Kier alpha value is -2.16. The molecule has 1 saturated heterocycles. The molecule has 4 rings (SSSR count). The molecule has 0 spiro atoms. The molecule has 0 aromatic heterocycles. The lowest BCUT2D eigenvalue weighted by atomic mass is 10.1. The molecule has 10 heteroatoms. The summed E-state index contributed by atoms with van der Waals surface area (Å²) in [5.74, 6) is 0.631. The van der Waals surface area contributed by atoms with Crippen molar-refractivity contribution in [2.45, 2.75) is 20.1 Å². The van der Waals surface area contributed by atoms with Crippen LogP contribution in [0.2, 0.25) is 15.1 Å². The number of hydrogen-bond acceptors (Lipinski definition) is 5. The quantitative estimate of drug-likeness (QED) is 0.234. The van der Waals surface area contributed by atoms with Crippen molar-refractivity contribution < 1.29 is 19.1 Å². The van der Waals surface area contributed by atoms with E-state index >= 15 is 0 Å². The highest BCUT2D eigenvalue weighted by Crippen LogP contribution is 2.40. The number of imide groups is 1. The van der Waals surface area contributed by atoms with Crippen molar-refractivity contribution in [2.24, 2.45) is 0 Å². The molecular weight excluding hydrogens is 609 g/mol. The molecule has 1 heterocycles. The van der Waals surface area contributed by atoms with Crippen LogP contribution in [0.5, 0.6) is 11.5 Å². The Labute approximate surface area is 236 Å². The van der Waals surface area contributed by atoms with Crippen LogP contribution >= 0.6 is 62.5 Å². The van der Waals surface area contributed by atoms with Gasteiger partial charge in [0, 0.05) is 10.6 Å². The number of hydrogen-bond donors (Lipinski definition) is 0. The first-order valence-electron chi connectivity index (χ1n) is 10.8. The number of carbonyl (C=O) groups excluding carboxylic acids is 2. The fourth-order valence-electron chi connectivity index (χ4n) is 3.45. The van der Waals surface area contributed by atoms with Gasteiger partial charge >= 0.3 is 0 Å². The normalized spacial score (nSPS) is 14.6. The van der Waals surface area contributed by atoms with Crippen molar-refractivity contribution >= 4 is 79.7 Å². The maximum absolute atomic E-state index is 13.0. The minimum atomic E-state index is -0.385. The molecule has 1 aliphatic rings. The zero-order valence-electron chi connectivity index (χ0n) is 18.9. The van der Waals surface area contributed by atoms with Crippen molar-refractivity contribution in [3.05, 3.63) is 95.7 Å². The average Bonchev–Trinajstić information content (AvgIpc) is 3.09. The lowest BCUT2D eigenvalue weighted by molar-refractivity contribution is -0.123. The Kier molecular flexibility index (Phi) is 8.91. The molecule has 0 bridgehead atoms. The molecule has 0 unspecified atom stereocenters. The van der Waals surface area contributed by atoms with Crippen LogP contribution in [0.25, 0.3) is 6.08 Å². The molecule has 3 aromatic carbocycles. The summed E-state index contributed by atoms with van der Waals surface area (Å²) in [6.07, 6.45) is 1.66. The molecule has 36 heavy (non-hydrogen) atoms. The summed E-state index contributed by atoms with van der Waals surface area (Å²) < 4.78 is 12.5. The van der Waals surface area contributed by atoms with Gasteiger partial charge in [-0.1, -0.05) is 59.1 Å². The first-order valence-corrected chi connectivity index (χ1v) is 13.5. The van der Waals surface area contributed by atoms with E-state index in [9.17, 15) is 9.59 Å². The second-order valence-electron chi connectivity index (χ2n) is 7.66. The van der Waals surface area contributed by atoms with E-state index in [0.717, 1.165) is 17.3 Å². The second kappa shape index (κ2) is 11.9. The van der Waals surface area contributed by atoms with E-state index in [1.54, 1.807) is 42.5 Å². The summed E-state index contributed by atoms with van der Waals surface area (Å²) in [5.41, 5.74) is 2.22. The number of thioether (sulfide) groups is 1. The molecule has 0 radical (unpaired) electrons. The van der Waals surface area contributed by atoms with Crippen molar-refractivity contribution in [3.8, 4) is 11.5 Å². The topological polar surface area (TPSA) is 55.8 Å². The van der Waals surface area contributed by atoms with Crippen molar-refractivity contribution in [1.82, 2.24) is 4.90 Å². The Morgan fingerprint density at radius 3 is 2.47 bits per heavy atom. The second-order valence-corrected chi connectivity index (χ2v) is 10.7. The fraction of sp³-hybridized carbons (Fsp3) is 0.154. The van der Waals surface area contributed by atoms with Crippen LogP contribution in [-0.2, 0) is 17.9 Å². The van der Waals surface area contributed by atoms with E-state index in [1.807, 2.05) is 25.1 Å². The van der Waals surface area contributed by atoms with Crippen molar-refractivity contribution in [2.75, 3.05) is 6.61 Å². The molecule has 0 N–H and O–H groups in total. The van der Waals surface area contributed by atoms with Crippen LogP contribution in [0, 0.1) is 0 Å². The summed E-state index contributed by atoms with van der Waals surface area (Å²) in [5, 5.41) is 1.02. The van der Waals surface area contributed by atoms with E-state index in [4.69, 9.17) is 44.3 Å². The molecule has 1 fully saturated rings. The zero-order valence-corrected chi connectivity index (χ0v) is 23.6. The highest BCUT2D eigenvalue weighted by molar-refractivity contribution is 9.10. The summed E-state index contributed by atoms with van der Waals surface area (Å²) in [4.78, 5) is 27.1. The van der Waals surface area contributed by atoms with Gasteiger partial charge < -0.3 is 9.47 Å². The molecule has 5 nitrogen and oxygen atoms in total. The van der Waals surface area contributed by atoms with Gasteiger partial charge in [-0.05, 0) is 82.2 Å². The van der Waals surface area contributed by atoms with Gasteiger partial charge in [0.15, 0.2) is 11.5 Å². The Bertz CT molecular complexity index is 1370. The molecule has 2 amide bonds. The van der Waals surface area contributed by atoms with Gasteiger partial charge in [0.05, 0.1) is 32.6 Å². The van der Waals surface area contributed by atoms with Crippen LogP contribution in [0.1, 0.15) is 23.6 Å². The Morgan fingerprint density at radius 2 is 1.75 bits per heavy atom. The number of carbonyl (C=O) groups is 2. The summed E-state index contributed by atoms with van der Waals surface area (Å²) >= 11 is 22.7. The SMILES string of the molecule is CCOc1cc(/C=C2/SC(=O)N(Cc3ccc(Cl)c(Cl)c3)C2=O)cc(Br)c1OCc1ccccc1Cl. The number of nitrogens with zero attached hydrogens (tertiary/aromatic N) is 1. The van der Waals surface area contributed by atoms with Gasteiger partial charge in [-0.25, -0.2) is 0 Å². The summed E-state index contributed by atoms with van der Waals surface area (Å²) in [6.45, 7) is 2.64. The zero-order chi connectivity index (χ0) is 25.8. The van der Waals surface area contributed by atoms with E-state index in [0.29, 0.717) is 53.7 Å². The van der Waals surface area contributed by atoms with Gasteiger partial charge in [-0.3, -0.25) is 14.5 Å². The predicted molar refractivity (Wildman–Crippen MR) is 149 cm³/mol. The first-order chi connectivity index (χ1) is 17.3. The van der Waals surface area contributed by atoms with Gasteiger partial charge in [-0.2, -0.15) is 0 Å². The third-order valence-corrected chi connectivity index (χ3v) is 7.76. The number of halogens is 4. The number of benzene rings is 3. The van der Waals surface area contributed by atoms with Crippen molar-refractivity contribution in [1.29, 1.82) is 0 Å². The number of rotatable bonds is 8. The van der Waals surface area contributed by atoms with Crippen LogP contribution < -0.4 is 9.47 Å². The van der Waals surface area contributed by atoms with Crippen LogP contribution in [0.4, 0.5) is 4.79 Å². The maximum atomic E-state index is 13.0. The molecule has 0 saturated carbocycles. The van der Waals surface area contributed by atoms with Crippen molar-refractivity contribution in [3.63, 3.8) is 0 Å². The van der Waals surface area contributed by atoms with E-state index < -0.39 is 0 Å². The lowest BCUT2D eigenvalue weighted by Gasteiger charge is -2.15. The highest BCUT2D eigenvalue weighted by atomic mass is 79.9. The van der Waals surface area contributed by atoms with Crippen LogP contribution in [0.3, 0.4) is 0 Å². The predicted octanol–water partition coefficient (Wildman–Crippen LogP) is 8.62. The Balaban J connectivity index is 1.56. The van der Waals surface area contributed by atoms with Crippen LogP contribution in [0.15, 0.2) is 64.0 Å². The van der Waals surface area contributed by atoms with Crippen LogP contribution in [-0.4, -0.2) is 22.7 Å². The number of ether oxygens (including phenoxy) is 2. The highest BCUT2D eigenvalue weighted by Gasteiger charge is 2.35. The van der Waals surface area contributed by atoms with Gasteiger partial charge in [0.2, 0.25) is 0 Å². The molecule has 0 aliphatic carbocycles. The fourth-order valence-corrected chi connectivity index (χ4v) is 5.37. The van der Waals surface area contributed by atoms with Gasteiger partial charge in [-0.15, -0.1) is 0 Å². The molecule has 186 valence electrons. The minimum Gasteiger partial charge on any atom is -0.490 e. The molecular formula is C26H19BrCl3NO4S. The van der Waals surface area contributed by atoms with Gasteiger partial charge in [0.25, 0.3) is 11.1 Å². The molecule has 0 atom stereocenters. The van der Waals surface area contributed by atoms with Gasteiger partial charge in [0.1, 0.15) is 6.61 Å². The smallest absolute Gasteiger partial charge is 0.293 e. The summed E-state index contributed by atoms with van der Waals surface area (Å²) in [7, 11) is 0. The third-order valence-electron chi connectivity index (χ3n) is 5.16.